The molecule has 3 nitrogen and oxygen atoms in total. The van der Waals surface area contributed by atoms with E-state index in [1.807, 2.05) is 60.1 Å². The zero-order valence-electron chi connectivity index (χ0n) is 14.6. The molecule has 0 aliphatic carbocycles. The van der Waals surface area contributed by atoms with Gasteiger partial charge in [-0.1, -0.05) is 48.5 Å². The topological polar surface area (TPSA) is 42.0 Å². The van der Waals surface area contributed by atoms with Crippen LogP contribution in [0.5, 0.6) is 0 Å². The number of nitrogens with zero attached hydrogens (tertiary/aromatic N) is 1. The number of carbonyl (C=O) groups is 1. The number of pyridine rings is 1. The van der Waals surface area contributed by atoms with E-state index in [4.69, 9.17) is 0 Å². The molecule has 0 bridgehead atoms. The van der Waals surface area contributed by atoms with Crippen LogP contribution in [-0.4, -0.2) is 10.9 Å². The zero-order chi connectivity index (χ0) is 18.5. The predicted molar refractivity (Wildman–Crippen MR) is 111 cm³/mol. The van der Waals surface area contributed by atoms with Crippen LogP contribution in [0.15, 0.2) is 90.6 Å². The molecule has 0 aliphatic heterocycles. The highest BCUT2D eigenvalue weighted by Gasteiger charge is 2.07. The number of hydrogen-bond donors (Lipinski definition) is 1. The minimum Gasteiger partial charge on any atom is -0.348 e. The van der Waals surface area contributed by atoms with Crippen molar-refractivity contribution in [1.29, 1.82) is 0 Å². The molecule has 0 unspecified atom stereocenters. The molecule has 2 aromatic heterocycles. The summed E-state index contributed by atoms with van der Waals surface area (Å²) in [5, 5.41) is 5.02. The molecule has 2 heterocycles. The highest BCUT2D eigenvalue weighted by Crippen LogP contribution is 2.24. The molecule has 1 amide bonds. The molecule has 4 heteroatoms. The molecule has 0 saturated heterocycles. The SMILES string of the molecule is O=C(NCc1cncc(-c2cccs2)c1)c1ccc(-c2ccccc2)cc1. The average Bonchev–Trinajstić information content (AvgIpc) is 3.28. The standard InChI is InChI=1S/C23H18N2OS/c26-23(20-10-8-19(9-11-20)18-5-2-1-3-6-18)25-15-17-13-21(16-24-14-17)22-7-4-12-27-22/h1-14,16H,15H2,(H,25,26). The third kappa shape index (κ3) is 4.13. The lowest BCUT2D eigenvalue weighted by atomic mass is 10.0. The molecule has 4 rings (SSSR count). The van der Waals surface area contributed by atoms with Crippen molar-refractivity contribution in [1.82, 2.24) is 10.3 Å². The largest absolute Gasteiger partial charge is 0.348 e. The first-order chi connectivity index (χ1) is 13.3. The number of rotatable bonds is 5. The Kier molecular flexibility index (Phi) is 5.08. The van der Waals surface area contributed by atoms with Crippen LogP contribution >= 0.6 is 11.3 Å². The average molecular weight is 370 g/mol. The van der Waals surface area contributed by atoms with Crippen LogP contribution < -0.4 is 5.32 Å². The minimum atomic E-state index is -0.0869. The number of nitrogens with one attached hydrogen (secondary N) is 1. The van der Waals surface area contributed by atoms with Crippen LogP contribution in [0.3, 0.4) is 0 Å². The molecule has 0 fully saturated rings. The number of benzene rings is 2. The lowest BCUT2D eigenvalue weighted by Gasteiger charge is -2.07. The highest BCUT2D eigenvalue weighted by molar-refractivity contribution is 7.13. The summed E-state index contributed by atoms with van der Waals surface area (Å²) in [7, 11) is 0. The van der Waals surface area contributed by atoms with E-state index < -0.39 is 0 Å². The highest BCUT2D eigenvalue weighted by atomic mass is 32.1. The Labute approximate surface area is 162 Å². The van der Waals surface area contributed by atoms with E-state index in [2.05, 4.69) is 34.6 Å². The van der Waals surface area contributed by atoms with Crippen molar-refractivity contribution >= 4 is 17.2 Å². The smallest absolute Gasteiger partial charge is 0.251 e. The van der Waals surface area contributed by atoms with Crippen molar-refractivity contribution in [3.05, 3.63) is 102 Å². The second kappa shape index (κ2) is 7.98. The summed E-state index contributed by atoms with van der Waals surface area (Å²) in [5.41, 5.74) is 4.94. The van der Waals surface area contributed by atoms with Gasteiger partial charge in [-0.25, -0.2) is 0 Å². The summed E-state index contributed by atoms with van der Waals surface area (Å²) < 4.78 is 0. The van der Waals surface area contributed by atoms with Gasteiger partial charge in [0.25, 0.3) is 5.91 Å². The number of carbonyl (C=O) groups excluding carboxylic acids is 1. The number of hydrogen-bond acceptors (Lipinski definition) is 3. The summed E-state index contributed by atoms with van der Waals surface area (Å²) in [6, 6.07) is 24.0. The van der Waals surface area contributed by atoms with Gasteiger partial charge < -0.3 is 5.32 Å². The van der Waals surface area contributed by atoms with Gasteiger partial charge in [-0.05, 0) is 46.3 Å². The van der Waals surface area contributed by atoms with Crippen LogP contribution in [-0.2, 0) is 6.54 Å². The maximum atomic E-state index is 12.4. The fourth-order valence-corrected chi connectivity index (χ4v) is 3.60. The molecule has 0 atom stereocenters. The van der Waals surface area contributed by atoms with Gasteiger partial charge in [0.15, 0.2) is 0 Å². The number of thiophene rings is 1. The Hall–Kier alpha value is -3.24. The molecule has 132 valence electrons. The molecule has 2 aromatic carbocycles. The quantitative estimate of drug-likeness (QED) is 0.510. The molecular weight excluding hydrogens is 352 g/mol. The van der Waals surface area contributed by atoms with Crippen molar-refractivity contribution < 1.29 is 4.79 Å². The Morgan fingerprint density at radius 2 is 1.63 bits per heavy atom. The second-order valence-electron chi connectivity index (χ2n) is 6.19. The first-order valence-electron chi connectivity index (χ1n) is 8.71. The molecule has 1 N–H and O–H groups in total. The third-order valence-electron chi connectivity index (χ3n) is 4.31. The van der Waals surface area contributed by atoms with E-state index in [0.717, 1.165) is 22.3 Å². The third-order valence-corrected chi connectivity index (χ3v) is 5.23. The van der Waals surface area contributed by atoms with E-state index in [-0.39, 0.29) is 5.91 Å². The lowest BCUT2D eigenvalue weighted by molar-refractivity contribution is 0.0951. The van der Waals surface area contributed by atoms with Crippen LogP contribution in [0.25, 0.3) is 21.6 Å². The van der Waals surface area contributed by atoms with Gasteiger partial charge in [0.2, 0.25) is 0 Å². The van der Waals surface area contributed by atoms with Crippen molar-refractivity contribution in [2.75, 3.05) is 0 Å². The summed E-state index contributed by atoms with van der Waals surface area (Å²) >= 11 is 1.68. The maximum absolute atomic E-state index is 12.4. The Morgan fingerprint density at radius 1 is 0.852 bits per heavy atom. The molecule has 0 saturated carbocycles. The summed E-state index contributed by atoms with van der Waals surface area (Å²) in [6.07, 6.45) is 3.63. The van der Waals surface area contributed by atoms with E-state index in [1.54, 1.807) is 17.5 Å². The van der Waals surface area contributed by atoms with Crippen molar-refractivity contribution in [2.45, 2.75) is 6.54 Å². The molecular formula is C23H18N2OS. The van der Waals surface area contributed by atoms with Gasteiger partial charge in [0, 0.05) is 34.9 Å². The number of aromatic nitrogens is 1. The van der Waals surface area contributed by atoms with Gasteiger partial charge in [-0.15, -0.1) is 11.3 Å². The molecule has 4 aromatic rings. The van der Waals surface area contributed by atoms with E-state index >= 15 is 0 Å². The maximum Gasteiger partial charge on any atom is 0.251 e. The first-order valence-corrected chi connectivity index (χ1v) is 9.59. The predicted octanol–water partition coefficient (Wildman–Crippen LogP) is 5.41. The molecule has 0 aliphatic rings. The molecule has 27 heavy (non-hydrogen) atoms. The van der Waals surface area contributed by atoms with Crippen LogP contribution in [0.1, 0.15) is 15.9 Å². The van der Waals surface area contributed by atoms with Crippen LogP contribution in [0.2, 0.25) is 0 Å². The molecule has 0 radical (unpaired) electrons. The number of amides is 1. The van der Waals surface area contributed by atoms with Crippen molar-refractivity contribution in [2.24, 2.45) is 0 Å². The molecule has 0 spiro atoms. The van der Waals surface area contributed by atoms with E-state index in [1.165, 1.54) is 4.88 Å². The van der Waals surface area contributed by atoms with E-state index in [0.29, 0.717) is 12.1 Å². The first kappa shape index (κ1) is 17.2. The minimum absolute atomic E-state index is 0.0869. The lowest BCUT2D eigenvalue weighted by Crippen LogP contribution is -2.22. The summed E-state index contributed by atoms with van der Waals surface area (Å²) in [4.78, 5) is 17.9. The fourth-order valence-electron chi connectivity index (χ4n) is 2.89. The Balaban J connectivity index is 1.42. The van der Waals surface area contributed by atoms with Crippen molar-refractivity contribution in [3.63, 3.8) is 0 Å². The van der Waals surface area contributed by atoms with Crippen molar-refractivity contribution in [3.8, 4) is 21.6 Å². The van der Waals surface area contributed by atoms with Gasteiger partial charge >= 0.3 is 0 Å². The Morgan fingerprint density at radius 3 is 2.37 bits per heavy atom. The summed E-state index contributed by atoms with van der Waals surface area (Å²) in [6.45, 7) is 0.450. The normalized spacial score (nSPS) is 10.5. The van der Waals surface area contributed by atoms with Gasteiger partial charge in [-0.3, -0.25) is 9.78 Å². The van der Waals surface area contributed by atoms with Crippen LogP contribution in [0.4, 0.5) is 0 Å². The van der Waals surface area contributed by atoms with Gasteiger partial charge in [0.05, 0.1) is 0 Å². The van der Waals surface area contributed by atoms with Crippen LogP contribution in [0, 0.1) is 0 Å². The summed E-state index contributed by atoms with van der Waals surface area (Å²) in [5.74, 6) is -0.0869. The van der Waals surface area contributed by atoms with Gasteiger partial charge in [-0.2, -0.15) is 0 Å². The monoisotopic (exact) mass is 370 g/mol. The zero-order valence-corrected chi connectivity index (χ0v) is 15.4. The van der Waals surface area contributed by atoms with Gasteiger partial charge in [0.1, 0.15) is 0 Å². The fraction of sp³-hybridized carbons (Fsp3) is 0.0435. The van der Waals surface area contributed by atoms with E-state index in [9.17, 15) is 4.79 Å². The Bertz CT molecular complexity index is 1030. The second-order valence-corrected chi connectivity index (χ2v) is 7.13.